The van der Waals surface area contributed by atoms with Gasteiger partial charge in [0, 0.05) is 5.56 Å². The molecule has 5 N–H and O–H groups in total. The van der Waals surface area contributed by atoms with Crippen LogP contribution in [0.1, 0.15) is 47.1 Å². The molecule has 122 valence electrons. The average molecular weight is 314 g/mol. The van der Waals surface area contributed by atoms with Crippen LogP contribution in [0.4, 0.5) is 0 Å². The van der Waals surface area contributed by atoms with E-state index in [1.165, 1.54) is 12.1 Å². The maximum Gasteiger partial charge on any atom is 0.252 e. The fourth-order valence-electron chi connectivity index (χ4n) is 2.03. The van der Waals surface area contributed by atoms with Crippen LogP contribution in [0.25, 0.3) is 0 Å². The lowest BCUT2D eigenvalue weighted by Crippen LogP contribution is -2.20. The Kier molecular flexibility index (Phi) is 5.90. The van der Waals surface area contributed by atoms with Crippen molar-refractivity contribution in [1.29, 1.82) is 0 Å². The van der Waals surface area contributed by atoms with Crippen LogP contribution >= 0.6 is 0 Å². The molecule has 0 saturated carbocycles. The van der Waals surface area contributed by atoms with Gasteiger partial charge in [-0.25, -0.2) is 0 Å². The van der Waals surface area contributed by atoms with Crippen molar-refractivity contribution in [3.05, 3.63) is 65.2 Å². The van der Waals surface area contributed by atoms with Gasteiger partial charge >= 0.3 is 0 Å². The van der Waals surface area contributed by atoms with Crippen molar-refractivity contribution >= 4 is 11.8 Å². The van der Waals surface area contributed by atoms with Gasteiger partial charge in [0.1, 0.15) is 5.75 Å². The normalized spacial score (nSPS) is 10.4. The van der Waals surface area contributed by atoms with E-state index in [0.717, 1.165) is 5.56 Å². The summed E-state index contributed by atoms with van der Waals surface area (Å²) >= 11 is 0. The molecule has 2 aromatic rings. The Labute approximate surface area is 135 Å². The zero-order valence-corrected chi connectivity index (χ0v) is 13.5. The van der Waals surface area contributed by atoms with E-state index in [0.29, 0.717) is 5.56 Å². The summed E-state index contributed by atoms with van der Waals surface area (Å²) in [7, 11) is 0. The minimum Gasteiger partial charge on any atom is -0.507 e. The highest BCUT2D eigenvalue weighted by atomic mass is 16.3. The van der Waals surface area contributed by atoms with Gasteiger partial charge in [0.05, 0.1) is 5.56 Å². The molecule has 0 unspecified atom stereocenters. The Bertz CT molecular complexity index is 703. The molecule has 0 radical (unpaired) electrons. The zero-order chi connectivity index (χ0) is 17.6. The van der Waals surface area contributed by atoms with Crippen LogP contribution in [0.3, 0.4) is 0 Å². The molecule has 5 heteroatoms. The molecule has 2 amide bonds. The minimum absolute atomic E-state index is 0.0361. The number of nitrogens with two attached hydrogens (primary N) is 2. The Hall–Kier alpha value is -2.82. The number of rotatable bonds is 2. The van der Waals surface area contributed by atoms with Crippen LogP contribution in [0.2, 0.25) is 0 Å². The second-order valence-corrected chi connectivity index (χ2v) is 6.04. The van der Waals surface area contributed by atoms with Gasteiger partial charge in [-0.15, -0.1) is 0 Å². The van der Waals surface area contributed by atoms with Crippen LogP contribution in [0, 0.1) is 0 Å². The maximum absolute atomic E-state index is 11.1. The lowest BCUT2D eigenvalue weighted by Gasteiger charge is -2.21. The van der Waals surface area contributed by atoms with Gasteiger partial charge < -0.3 is 16.6 Å². The molecule has 0 aliphatic heterocycles. The van der Waals surface area contributed by atoms with Crippen molar-refractivity contribution in [2.45, 2.75) is 26.2 Å². The number of benzene rings is 2. The molecule has 0 fully saturated rings. The number of hydrogen-bond donors (Lipinski definition) is 3. The molecule has 5 nitrogen and oxygen atoms in total. The molecular formula is C18H22N2O3. The van der Waals surface area contributed by atoms with Crippen molar-refractivity contribution in [2.75, 3.05) is 0 Å². The van der Waals surface area contributed by atoms with Crippen molar-refractivity contribution in [3.63, 3.8) is 0 Å². The molecule has 0 spiro atoms. The molecule has 0 heterocycles. The van der Waals surface area contributed by atoms with E-state index in [9.17, 15) is 9.59 Å². The maximum atomic E-state index is 11.1. The third-order valence-corrected chi connectivity index (χ3v) is 3.17. The first-order valence-corrected chi connectivity index (χ1v) is 7.11. The van der Waals surface area contributed by atoms with Crippen LogP contribution in [0.5, 0.6) is 5.75 Å². The van der Waals surface area contributed by atoms with Crippen molar-refractivity contribution in [3.8, 4) is 5.75 Å². The monoisotopic (exact) mass is 314 g/mol. The molecule has 0 aliphatic rings. The highest BCUT2D eigenvalue weighted by Crippen LogP contribution is 2.25. The summed E-state index contributed by atoms with van der Waals surface area (Å²) in [5.74, 6) is -1.04. The molecule has 0 atom stereocenters. The van der Waals surface area contributed by atoms with Gasteiger partial charge in [0.15, 0.2) is 0 Å². The van der Waals surface area contributed by atoms with E-state index >= 15 is 0 Å². The number of phenols is 1. The predicted octanol–water partition coefficient (Wildman–Crippen LogP) is 2.57. The van der Waals surface area contributed by atoms with Crippen LogP contribution in [0.15, 0.2) is 48.5 Å². The molecule has 0 aliphatic carbocycles. The van der Waals surface area contributed by atoms with Crippen molar-refractivity contribution in [2.24, 2.45) is 11.5 Å². The molecule has 0 aromatic heterocycles. The number of aromatic hydroxyl groups is 1. The van der Waals surface area contributed by atoms with Crippen LogP contribution < -0.4 is 11.5 Å². The SMILES string of the molecule is CC(C)(C)c1ccccc1C(N)=O.NC(=O)c1ccccc1O. The van der Waals surface area contributed by atoms with E-state index < -0.39 is 5.91 Å². The number of para-hydroxylation sites is 1. The summed E-state index contributed by atoms with van der Waals surface area (Å²) in [6.07, 6.45) is 0. The Morgan fingerprint density at radius 2 is 1.26 bits per heavy atom. The van der Waals surface area contributed by atoms with Crippen molar-refractivity contribution in [1.82, 2.24) is 0 Å². The second kappa shape index (κ2) is 7.45. The number of amides is 2. The molecule has 0 bridgehead atoms. The van der Waals surface area contributed by atoms with E-state index in [-0.39, 0.29) is 22.6 Å². The fraction of sp³-hybridized carbons (Fsp3) is 0.222. The van der Waals surface area contributed by atoms with Gasteiger partial charge in [-0.1, -0.05) is 51.1 Å². The summed E-state index contributed by atoms with van der Waals surface area (Å²) < 4.78 is 0. The van der Waals surface area contributed by atoms with Crippen LogP contribution in [-0.4, -0.2) is 16.9 Å². The first kappa shape index (κ1) is 18.2. The van der Waals surface area contributed by atoms with E-state index in [1.807, 2.05) is 18.2 Å². The summed E-state index contributed by atoms with van der Waals surface area (Å²) in [6.45, 7) is 6.19. The largest absolute Gasteiger partial charge is 0.507 e. The number of hydrogen-bond acceptors (Lipinski definition) is 3. The van der Waals surface area contributed by atoms with E-state index in [4.69, 9.17) is 16.6 Å². The number of primary amides is 2. The van der Waals surface area contributed by atoms with Crippen LogP contribution in [-0.2, 0) is 5.41 Å². The van der Waals surface area contributed by atoms with Gasteiger partial charge in [0.25, 0.3) is 5.91 Å². The minimum atomic E-state index is -0.613. The summed E-state index contributed by atoms with van der Waals surface area (Å²) in [5, 5.41) is 8.98. The molecule has 0 saturated heterocycles. The topological polar surface area (TPSA) is 106 Å². The van der Waals surface area contributed by atoms with Gasteiger partial charge in [0.2, 0.25) is 5.91 Å². The highest BCUT2D eigenvalue weighted by molar-refractivity contribution is 5.95. The average Bonchev–Trinajstić information content (AvgIpc) is 2.47. The summed E-state index contributed by atoms with van der Waals surface area (Å²) in [4.78, 5) is 21.6. The van der Waals surface area contributed by atoms with E-state index in [1.54, 1.807) is 18.2 Å². The zero-order valence-electron chi connectivity index (χ0n) is 13.5. The Balaban J connectivity index is 0.000000238. The fourth-order valence-corrected chi connectivity index (χ4v) is 2.03. The molecule has 2 rings (SSSR count). The third-order valence-electron chi connectivity index (χ3n) is 3.17. The standard InChI is InChI=1S/C11H15NO.C7H7NO2/c1-11(2,3)9-7-5-4-6-8(9)10(12)13;8-7(10)5-3-1-2-4-6(5)9/h4-7H,1-3H3,(H2,12,13);1-4,9H,(H2,8,10). The number of carbonyl (C=O) groups is 2. The summed E-state index contributed by atoms with van der Waals surface area (Å²) in [5.41, 5.74) is 11.9. The number of carbonyl (C=O) groups excluding carboxylic acids is 2. The summed E-state index contributed by atoms with van der Waals surface area (Å²) in [6, 6.07) is 13.6. The highest BCUT2D eigenvalue weighted by Gasteiger charge is 2.19. The lowest BCUT2D eigenvalue weighted by atomic mass is 9.83. The lowest BCUT2D eigenvalue weighted by molar-refractivity contribution is 0.0989. The van der Waals surface area contributed by atoms with Crippen molar-refractivity contribution < 1.29 is 14.7 Å². The molecular weight excluding hydrogens is 292 g/mol. The van der Waals surface area contributed by atoms with Gasteiger partial charge in [-0.2, -0.15) is 0 Å². The molecule has 23 heavy (non-hydrogen) atoms. The smallest absolute Gasteiger partial charge is 0.252 e. The van der Waals surface area contributed by atoms with E-state index in [2.05, 4.69) is 20.8 Å². The third kappa shape index (κ3) is 5.14. The Morgan fingerprint density at radius 3 is 1.61 bits per heavy atom. The van der Waals surface area contributed by atoms with Gasteiger partial charge in [-0.3, -0.25) is 9.59 Å². The first-order valence-electron chi connectivity index (χ1n) is 7.11. The predicted molar refractivity (Wildman–Crippen MR) is 90.3 cm³/mol. The quantitative estimate of drug-likeness (QED) is 0.793. The van der Waals surface area contributed by atoms with Gasteiger partial charge in [-0.05, 0) is 29.2 Å². The Morgan fingerprint density at radius 1 is 0.826 bits per heavy atom. The molecule has 2 aromatic carbocycles. The first-order chi connectivity index (χ1) is 10.6. The second-order valence-electron chi connectivity index (χ2n) is 6.04.